The molecule has 3 aromatic rings. The van der Waals surface area contributed by atoms with Crippen LogP contribution in [0.1, 0.15) is 61.1 Å². The number of hydrogen-bond donors (Lipinski definition) is 4. The second kappa shape index (κ2) is 14.1. The maximum atomic E-state index is 13.8. The van der Waals surface area contributed by atoms with Crippen LogP contribution in [0.3, 0.4) is 0 Å². The van der Waals surface area contributed by atoms with Crippen molar-refractivity contribution >= 4 is 29.1 Å². The Hall–Kier alpha value is -5.06. The monoisotopic (exact) mass is 616 g/mol. The Kier molecular flexibility index (Phi) is 10.3. The first kappa shape index (κ1) is 32.8. The van der Waals surface area contributed by atoms with Crippen molar-refractivity contribution in [1.82, 2.24) is 5.32 Å². The van der Waals surface area contributed by atoms with Gasteiger partial charge >= 0.3 is 0 Å². The van der Waals surface area contributed by atoms with Crippen LogP contribution in [-0.2, 0) is 16.0 Å². The molecule has 0 spiro atoms. The van der Waals surface area contributed by atoms with E-state index in [1.54, 1.807) is 38.5 Å². The van der Waals surface area contributed by atoms with E-state index in [2.05, 4.69) is 16.0 Å². The Morgan fingerprint density at radius 1 is 0.956 bits per heavy atom. The third-order valence-electron chi connectivity index (χ3n) is 7.71. The normalized spacial score (nSPS) is 14.2. The first-order chi connectivity index (χ1) is 21.5. The molecule has 5 N–H and O–H groups in total. The number of amides is 3. The van der Waals surface area contributed by atoms with Crippen molar-refractivity contribution in [2.24, 2.45) is 11.7 Å². The van der Waals surface area contributed by atoms with Gasteiger partial charge in [0.05, 0.1) is 33.1 Å². The van der Waals surface area contributed by atoms with Gasteiger partial charge in [-0.2, -0.15) is 0 Å². The molecule has 2 unspecified atom stereocenters. The van der Waals surface area contributed by atoms with E-state index in [0.29, 0.717) is 58.9 Å². The SMILES string of the molecule is COc1cc2c(c(OC)c1OC)-c1ccc(NC(CC(C)C)C(=O)Nc3ccc(C(N)=O)cc3)c(=O)cc1C(NC(C)=O)CC2. The van der Waals surface area contributed by atoms with E-state index in [4.69, 9.17) is 19.9 Å². The lowest BCUT2D eigenvalue weighted by Gasteiger charge is -2.20. The number of benzene rings is 2. The average molecular weight is 617 g/mol. The molecule has 0 radical (unpaired) electrons. The number of nitrogens with two attached hydrogens (primary N) is 1. The van der Waals surface area contributed by atoms with Gasteiger partial charge in [0.15, 0.2) is 11.5 Å². The minimum Gasteiger partial charge on any atom is -0.493 e. The van der Waals surface area contributed by atoms with Gasteiger partial charge < -0.3 is 35.9 Å². The first-order valence-electron chi connectivity index (χ1n) is 14.7. The molecule has 0 saturated heterocycles. The number of carbonyl (C=O) groups excluding carboxylic acids is 3. The van der Waals surface area contributed by atoms with Crippen LogP contribution in [0.4, 0.5) is 11.4 Å². The Morgan fingerprint density at radius 2 is 1.64 bits per heavy atom. The number of rotatable bonds is 11. The van der Waals surface area contributed by atoms with Gasteiger partial charge in [-0.15, -0.1) is 0 Å². The van der Waals surface area contributed by atoms with E-state index < -0.39 is 18.0 Å². The average Bonchev–Trinajstić information content (AvgIpc) is 3.24. The molecular formula is C34H40N4O7. The maximum Gasteiger partial charge on any atom is 0.248 e. The molecule has 1 aliphatic rings. The molecule has 3 amide bonds. The van der Waals surface area contributed by atoms with Gasteiger partial charge in [-0.1, -0.05) is 19.9 Å². The molecule has 4 rings (SSSR count). The number of nitrogens with one attached hydrogen (secondary N) is 3. The number of anilines is 2. The van der Waals surface area contributed by atoms with Gasteiger partial charge in [0.2, 0.25) is 28.9 Å². The fourth-order valence-corrected chi connectivity index (χ4v) is 5.66. The number of ether oxygens (including phenoxy) is 3. The Balaban J connectivity index is 1.81. The van der Waals surface area contributed by atoms with Crippen LogP contribution < -0.4 is 41.3 Å². The summed E-state index contributed by atoms with van der Waals surface area (Å²) in [6.45, 7) is 5.41. The molecule has 0 fully saturated rings. The van der Waals surface area contributed by atoms with E-state index >= 15 is 0 Å². The highest BCUT2D eigenvalue weighted by molar-refractivity contribution is 5.98. The standard InChI is InChI=1S/C34H40N4O7/c1-18(2)15-27(34(42)37-22-10-7-20(8-11-22)33(35)41)38-26-14-12-23-24(17-28(26)40)25(36-19(3)39)13-9-21-16-29(43-4)31(44-5)32(45-6)30(21)23/h7-8,10-12,14,16-18,25,27H,9,13,15H2,1-6H3,(H2,35,41)(H,36,39)(H,37,42)(H,38,40). The summed E-state index contributed by atoms with van der Waals surface area (Å²) in [6, 6.07) is 11.9. The fraction of sp³-hybridized carbons (Fsp3) is 0.353. The quantitative estimate of drug-likeness (QED) is 0.246. The van der Waals surface area contributed by atoms with Gasteiger partial charge in [-0.25, -0.2) is 0 Å². The van der Waals surface area contributed by atoms with Crippen molar-refractivity contribution in [2.45, 2.75) is 52.1 Å². The van der Waals surface area contributed by atoms with Crippen LogP contribution in [-0.4, -0.2) is 45.1 Å². The molecule has 0 aliphatic heterocycles. The molecule has 0 bridgehead atoms. The Labute approximate surface area is 262 Å². The van der Waals surface area contributed by atoms with Crippen molar-refractivity contribution in [1.29, 1.82) is 0 Å². The van der Waals surface area contributed by atoms with Crippen molar-refractivity contribution in [3.8, 4) is 28.4 Å². The van der Waals surface area contributed by atoms with E-state index in [9.17, 15) is 19.2 Å². The zero-order valence-electron chi connectivity index (χ0n) is 26.4. The van der Waals surface area contributed by atoms with Crippen molar-refractivity contribution < 1.29 is 28.6 Å². The topological polar surface area (TPSA) is 158 Å². The van der Waals surface area contributed by atoms with Gasteiger partial charge in [0.25, 0.3) is 0 Å². The summed E-state index contributed by atoms with van der Waals surface area (Å²) in [6.07, 6.45) is 1.54. The van der Waals surface area contributed by atoms with Crippen molar-refractivity contribution in [3.05, 3.63) is 75.4 Å². The summed E-state index contributed by atoms with van der Waals surface area (Å²) in [4.78, 5) is 50.9. The summed E-state index contributed by atoms with van der Waals surface area (Å²) < 4.78 is 17.1. The van der Waals surface area contributed by atoms with E-state index in [1.807, 2.05) is 19.9 Å². The molecule has 1 aliphatic carbocycles. The molecule has 45 heavy (non-hydrogen) atoms. The minimum atomic E-state index is -0.756. The van der Waals surface area contributed by atoms with Crippen LogP contribution in [0.2, 0.25) is 0 Å². The fourth-order valence-electron chi connectivity index (χ4n) is 5.66. The van der Waals surface area contributed by atoms with E-state index in [1.165, 1.54) is 32.2 Å². The molecule has 11 heteroatoms. The van der Waals surface area contributed by atoms with Gasteiger partial charge in [-0.05, 0) is 84.3 Å². The molecule has 0 aromatic heterocycles. The predicted molar refractivity (Wildman–Crippen MR) is 173 cm³/mol. The van der Waals surface area contributed by atoms with E-state index in [-0.39, 0.29) is 28.8 Å². The lowest BCUT2D eigenvalue weighted by molar-refractivity contribution is -0.120. The number of carbonyl (C=O) groups is 3. The summed E-state index contributed by atoms with van der Waals surface area (Å²) in [5, 5.41) is 9.03. The first-order valence-corrected chi connectivity index (χ1v) is 14.7. The smallest absolute Gasteiger partial charge is 0.248 e. The Morgan fingerprint density at radius 3 is 2.22 bits per heavy atom. The molecule has 3 aromatic carbocycles. The second-order valence-electron chi connectivity index (χ2n) is 11.4. The predicted octanol–water partition coefficient (Wildman–Crippen LogP) is 4.43. The summed E-state index contributed by atoms with van der Waals surface area (Å²) >= 11 is 0. The molecule has 0 heterocycles. The highest BCUT2D eigenvalue weighted by Crippen LogP contribution is 2.50. The zero-order chi connectivity index (χ0) is 32.8. The molecule has 0 saturated carbocycles. The Bertz CT molecular complexity index is 1650. The number of hydrogen-bond acceptors (Lipinski definition) is 8. The zero-order valence-corrected chi connectivity index (χ0v) is 26.4. The van der Waals surface area contributed by atoms with Crippen molar-refractivity contribution in [3.63, 3.8) is 0 Å². The third-order valence-corrected chi connectivity index (χ3v) is 7.71. The summed E-state index contributed by atoms with van der Waals surface area (Å²) in [7, 11) is 4.62. The van der Waals surface area contributed by atoms with Gasteiger partial charge in [-0.3, -0.25) is 19.2 Å². The minimum absolute atomic E-state index is 0.123. The highest BCUT2D eigenvalue weighted by atomic mass is 16.5. The molecule has 11 nitrogen and oxygen atoms in total. The van der Waals surface area contributed by atoms with Gasteiger partial charge in [0.1, 0.15) is 6.04 Å². The van der Waals surface area contributed by atoms with Crippen LogP contribution in [0.25, 0.3) is 11.1 Å². The van der Waals surface area contributed by atoms with Crippen LogP contribution >= 0.6 is 0 Å². The molecule has 238 valence electrons. The summed E-state index contributed by atoms with van der Waals surface area (Å²) in [5.74, 6) is 0.349. The lowest BCUT2D eigenvalue weighted by Crippen LogP contribution is -2.37. The maximum absolute atomic E-state index is 13.8. The number of methoxy groups -OCH3 is 3. The molecule has 2 atom stereocenters. The second-order valence-corrected chi connectivity index (χ2v) is 11.4. The third kappa shape index (κ3) is 7.36. The number of aryl methyl sites for hydroxylation is 1. The largest absolute Gasteiger partial charge is 0.493 e. The van der Waals surface area contributed by atoms with Crippen LogP contribution in [0, 0.1) is 5.92 Å². The number of primary amides is 1. The molecular weight excluding hydrogens is 576 g/mol. The van der Waals surface area contributed by atoms with Gasteiger partial charge in [0, 0.05) is 23.7 Å². The highest BCUT2D eigenvalue weighted by Gasteiger charge is 2.30. The van der Waals surface area contributed by atoms with Crippen LogP contribution in [0.15, 0.2) is 53.3 Å². The van der Waals surface area contributed by atoms with E-state index in [0.717, 1.165) is 11.1 Å². The van der Waals surface area contributed by atoms with Crippen molar-refractivity contribution in [2.75, 3.05) is 32.0 Å². The number of fused-ring (bicyclic) bond motifs is 3. The lowest BCUT2D eigenvalue weighted by atomic mass is 9.95. The summed E-state index contributed by atoms with van der Waals surface area (Å²) in [5.41, 5.74) is 8.95. The van der Waals surface area contributed by atoms with Crippen LogP contribution in [0.5, 0.6) is 17.2 Å².